The Labute approximate surface area is 167 Å². The van der Waals surface area contributed by atoms with Gasteiger partial charge in [-0.2, -0.15) is 10.1 Å². The van der Waals surface area contributed by atoms with Gasteiger partial charge in [-0.05, 0) is 18.2 Å². The van der Waals surface area contributed by atoms with Crippen LogP contribution in [0.5, 0.6) is 11.6 Å². The average Bonchev–Trinajstić information content (AvgIpc) is 3.22. The van der Waals surface area contributed by atoms with Crippen LogP contribution in [-0.2, 0) is 4.74 Å². The van der Waals surface area contributed by atoms with E-state index in [4.69, 9.17) is 14.2 Å². The predicted octanol–water partition coefficient (Wildman–Crippen LogP) is 1.77. The van der Waals surface area contributed by atoms with Gasteiger partial charge in [-0.15, -0.1) is 0 Å². The van der Waals surface area contributed by atoms with E-state index in [2.05, 4.69) is 20.4 Å². The van der Waals surface area contributed by atoms with Crippen molar-refractivity contribution in [2.75, 3.05) is 32.8 Å². The molecule has 2 aromatic heterocycles. The van der Waals surface area contributed by atoms with Crippen molar-refractivity contribution in [1.29, 1.82) is 0 Å². The molecule has 0 spiro atoms. The summed E-state index contributed by atoms with van der Waals surface area (Å²) in [6.45, 7) is 0.763. The molecule has 9 nitrogen and oxygen atoms in total. The Morgan fingerprint density at radius 3 is 2.86 bits per heavy atom. The molecular formula is C20H21N5O4. The van der Waals surface area contributed by atoms with Gasteiger partial charge in [-0.1, -0.05) is 12.1 Å². The zero-order chi connectivity index (χ0) is 20.2. The zero-order valence-electron chi connectivity index (χ0n) is 16.1. The fourth-order valence-electron chi connectivity index (χ4n) is 3.21. The minimum absolute atomic E-state index is 0.203. The average molecular weight is 395 g/mol. The summed E-state index contributed by atoms with van der Waals surface area (Å²) in [6.07, 6.45) is 1.60. The number of aromatic nitrogens is 4. The topological polar surface area (TPSA) is 100 Å². The summed E-state index contributed by atoms with van der Waals surface area (Å²) in [7, 11) is 3.15. The van der Waals surface area contributed by atoms with Crippen molar-refractivity contribution >= 4 is 5.95 Å². The quantitative estimate of drug-likeness (QED) is 0.674. The summed E-state index contributed by atoms with van der Waals surface area (Å²) in [5, 5.41) is 7.81. The molecule has 0 saturated carbocycles. The van der Waals surface area contributed by atoms with Crippen molar-refractivity contribution in [3.05, 3.63) is 59.0 Å². The first-order valence-electron chi connectivity index (χ1n) is 9.13. The van der Waals surface area contributed by atoms with Crippen molar-refractivity contribution in [2.45, 2.75) is 12.1 Å². The summed E-state index contributed by atoms with van der Waals surface area (Å²) >= 11 is 0. The third kappa shape index (κ3) is 4.04. The monoisotopic (exact) mass is 395 g/mol. The molecule has 0 bridgehead atoms. The van der Waals surface area contributed by atoms with Gasteiger partial charge in [0, 0.05) is 23.9 Å². The van der Waals surface area contributed by atoms with Crippen LogP contribution in [0.25, 0.3) is 11.3 Å². The molecule has 0 aliphatic carbocycles. The molecule has 0 radical (unpaired) electrons. The standard InChI is InChI=1S/C20H21N5O4/c1-27-14-5-3-4-13(10-14)15-6-7-19(26)25(24-15)17-12-29-11-16(17)22-20-21-9-8-18(23-20)28-2/h3-10,16-17H,11-12H2,1-2H3,(H,21,22,23). The molecule has 1 aliphatic rings. The van der Waals surface area contributed by atoms with E-state index in [-0.39, 0.29) is 17.6 Å². The largest absolute Gasteiger partial charge is 0.497 e. The number of ether oxygens (including phenoxy) is 3. The fraction of sp³-hybridized carbons (Fsp3) is 0.300. The van der Waals surface area contributed by atoms with Crippen molar-refractivity contribution in [1.82, 2.24) is 19.7 Å². The van der Waals surface area contributed by atoms with Crippen LogP contribution in [0.3, 0.4) is 0 Å². The highest BCUT2D eigenvalue weighted by atomic mass is 16.5. The first-order chi connectivity index (χ1) is 14.2. The van der Waals surface area contributed by atoms with Crippen LogP contribution in [0.1, 0.15) is 6.04 Å². The number of hydrogen-bond acceptors (Lipinski definition) is 8. The van der Waals surface area contributed by atoms with Gasteiger partial charge in [-0.25, -0.2) is 9.67 Å². The second-order valence-corrected chi connectivity index (χ2v) is 6.51. The molecule has 3 heterocycles. The maximum Gasteiger partial charge on any atom is 0.267 e. The van der Waals surface area contributed by atoms with Crippen LogP contribution in [-0.4, -0.2) is 53.2 Å². The molecular weight excluding hydrogens is 374 g/mol. The Hall–Kier alpha value is -3.46. The third-order valence-electron chi connectivity index (χ3n) is 4.71. The number of rotatable bonds is 6. The van der Waals surface area contributed by atoms with Crippen LogP contribution in [0.4, 0.5) is 5.95 Å². The lowest BCUT2D eigenvalue weighted by Crippen LogP contribution is -2.37. The number of benzene rings is 1. The van der Waals surface area contributed by atoms with Crippen molar-refractivity contribution in [2.24, 2.45) is 0 Å². The van der Waals surface area contributed by atoms with Gasteiger partial charge >= 0.3 is 0 Å². The molecule has 0 amide bonds. The van der Waals surface area contributed by atoms with Gasteiger partial charge in [0.05, 0.1) is 39.2 Å². The Bertz CT molecular complexity index is 1050. The van der Waals surface area contributed by atoms with Crippen LogP contribution >= 0.6 is 0 Å². The smallest absolute Gasteiger partial charge is 0.267 e. The molecule has 1 N–H and O–H groups in total. The molecule has 1 aromatic carbocycles. The Balaban J connectivity index is 1.63. The van der Waals surface area contributed by atoms with Gasteiger partial charge in [0.15, 0.2) is 0 Å². The third-order valence-corrected chi connectivity index (χ3v) is 4.71. The lowest BCUT2D eigenvalue weighted by atomic mass is 10.1. The van der Waals surface area contributed by atoms with E-state index in [1.54, 1.807) is 32.5 Å². The minimum atomic E-state index is -0.303. The molecule has 29 heavy (non-hydrogen) atoms. The molecule has 150 valence electrons. The van der Waals surface area contributed by atoms with E-state index in [9.17, 15) is 4.79 Å². The Morgan fingerprint density at radius 2 is 2.03 bits per heavy atom. The number of nitrogens with one attached hydrogen (secondary N) is 1. The minimum Gasteiger partial charge on any atom is -0.497 e. The van der Waals surface area contributed by atoms with Crippen molar-refractivity contribution in [3.8, 4) is 22.9 Å². The van der Waals surface area contributed by atoms with E-state index >= 15 is 0 Å². The van der Waals surface area contributed by atoms with E-state index in [0.29, 0.717) is 30.7 Å². The van der Waals surface area contributed by atoms with E-state index in [1.807, 2.05) is 24.3 Å². The van der Waals surface area contributed by atoms with Gasteiger partial charge in [0.2, 0.25) is 11.8 Å². The highest BCUT2D eigenvalue weighted by Crippen LogP contribution is 2.24. The van der Waals surface area contributed by atoms with Crippen molar-refractivity contribution < 1.29 is 14.2 Å². The molecule has 1 fully saturated rings. The highest BCUT2D eigenvalue weighted by Gasteiger charge is 2.32. The zero-order valence-corrected chi connectivity index (χ0v) is 16.1. The summed E-state index contributed by atoms with van der Waals surface area (Å²) in [5.74, 6) is 1.58. The maximum absolute atomic E-state index is 12.6. The second-order valence-electron chi connectivity index (χ2n) is 6.51. The lowest BCUT2D eigenvalue weighted by molar-refractivity contribution is 0.183. The van der Waals surface area contributed by atoms with Crippen LogP contribution in [0, 0.1) is 0 Å². The maximum atomic E-state index is 12.6. The number of nitrogens with zero attached hydrogens (tertiary/aromatic N) is 4. The highest BCUT2D eigenvalue weighted by molar-refractivity contribution is 5.60. The van der Waals surface area contributed by atoms with Crippen LogP contribution < -0.4 is 20.3 Å². The summed E-state index contributed by atoms with van der Waals surface area (Å²) in [6, 6.07) is 11.9. The molecule has 2 atom stereocenters. The van der Waals surface area contributed by atoms with Gasteiger partial charge in [0.25, 0.3) is 5.56 Å². The molecule has 2 unspecified atom stereocenters. The van der Waals surface area contributed by atoms with E-state index < -0.39 is 0 Å². The Kier molecular flexibility index (Phi) is 5.39. The first-order valence-corrected chi connectivity index (χ1v) is 9.13. The first kappa shape index (κ1) is 18.9. The van der Waals surface area contributed by atoms with Crippen LogP contribution in [0.15, 0.2) is 53.5 Å². The van der Waals surface area contributed by atoms with Crippen molar-refractivity contribution in [3.63, 3.8) is 0 Å². The lowest BCUT2D eigenvalue weighted by Gasteiger charge is -2.20. The van der Waals surface area contributed by atoms with E-state index in [1.165, 1.54) is 10.7 Å². The van der Waals surface area contributed by atoms with Gasteiger partial charge in [0.1, 0.15) is 11.8 Å². The summed E-state index contributed by atoms with van der Waals surface area (Å²) < 4.78 is 17.5. The predicted molar refractivity (Wildman–Crippen MR) is 106 cm³/mol. The molecule has 4 rings (SSSR count). The number of hydrogen-bond donors (Lipinski definition) is 1. The molecule has 1 aliphatic heterocycles. The van der Waals surface area contributed by atoms with Gasteiger partial charge < -0.3 is 19.5 Å². The van der Waals surface area contributed by atoms with Gasteiger partial charge in [-0.3, -0.25) is 4.79 Å². The molecule has 9 heteroatoms. The molecule has 3 aromatic rings. The van der Waals surface area contributed by atoms with Crippen LogP contribution in [0.2, 0.25) is 0 Å². The normalized spacial score (nSPS) is 18.4. The summed E-state index contributed by atoms with van der Waals surface area (Å²) in [4.78, 5) is 21.0. The molecule has 1 saturated heterocycles. The van der Waals surface area contributed by atoms with E-state index in [0.717, 1.165) is 11.3 Å². The second kappa shape index (κ2) is 8.27. The number of anilines is 1. The SMILES string of the molecule is COc1cccc(-c2ccc(=O)n(C3COCC3Nc3nccc(OC)n3)n2)c1. The Morgan fingerprint density at radius 1 is 1.14 bits per heavy atom. The fourth-order valence-corrected chi connectivity index (χ4v) is 3.21. The number of methoxy groups -OCH3 is 2. The summed E-state index contributed by atoms with van der Waals surface area (Å²) in [5.41, 5.74) is 1.33.